The lowest BCUT2D eigenvalue weighted by Gasteiger charge is -2.31. The first-order chi connectivity index (χ1) is 11.7. The Morgan fingerprint density at radius 2 is 1.92 bits per heavy atom. The van der Waals surface area contributed by atoms with Gasteiger partial charge >= 0.3 is 0 Å². The summed E-state index contributed by atoms with van der Waals surface area (Å²) in [6.45, 7) is 5.64. The molecule has 2 heterocycles. The predicted octanol–water partition coefficient (Wildman–Crippen LogP) is 3.55. The van der Waals surface area contributed by atoms with Crippen molar-refractivity contribution in [2.24, 2.45) is 5.92 Å². The van der Waals surface area contributed by atoms with Gasteiger partial charge in [0.1, 0.15) is 11.6 Å². The number of hydrogen-bond donors (Lipinski definition) is 1. The second kappa shape index (κ2) is 7.62. The van der Waals surface area contributed by atoms with Crippen molar-refractivity contribution in [2.45, 2.75) is 19.8 Å². The monoisotopic (exact) mass is 330 g/mol. The standard InChI is InChI=1S/C19H23FN2O2/c1-2-21-13-14-9-11-22(12-10-14)19(23)18-8-7-17(24-18)15-3-5-16(20)6-4-15/h3-8,14,21H,2,9-13H2,1H3. The Bertz CT molecular complexity index is 673. The summed E-state index contributed by atoms with van der Waals surface area (Å²) in [7, 11) is 0. The highest BCUT2D eigenvalue weighted by atomic mass is 19.1. The smallest absolute Gasteiger partial charge is 0.289 e. The molecule has 4 nitrogen and oxygen atoms in total. The minimum absolute atomic E-state index is 0.0646. The molecule has 0 radical (unpaired) electrons. The van der Waals surface area contributed by atoms with Crippen molar-refractivity contribution >= 4 is 5.91 Å². The van der Waals surface area contributed by atoms with Crippen LogP contribution in [0, 0.1) is 11.7 Å². The van der Waals surface area contributed by atoms with E-state index in [-0.39, 0.29) is 11.7 Å². The molecule has 0 bridgehead atoms. The Morgan fingerprint density at radius 3 is 2.58 bits per heavy atom. The molecule has 0 atom stereocenters. The van der Waals surface area contributed by atoms with Crippen molar-refractivity contribution in [2.75, 3.05) is 26.2 Å². The number of piperidine rings is 1. The fourth-order valence-corrected chi connectivity index (χ4v) is 3.07. The van der Waals surface area contributed by atoms with Gasteiger partial charge in [-0.1, -0.05) is 6.92 Å². The predicted molar refractivity (Wildman–Crippen MR) is 91.3 cm³/mol. The highest BCUT2D eigenvalue weighted by molar-refractivity contribution is 5.92. The molecule has 0 aliphatic carbocycles. The summed E-state index contributed by atoms with van der Waals surface area (Å²) in [5.41, 5.74) is 0.764. The van der Waals surface area contributed by atoms with Crippen LogP contribution in [-0.2, 0) is 0 Å². The first-order valence-electron chi connectivity index (χ1n) is 8.53. The van der Waals surface area contributed by atoms with E-state index in [0.29, 0.717) is 17.4 Å². The lowest BCUT2D eigenvalue weighted by Crippen LogP contribution is -2.40. The molecule has 1 amide bonds. The average molecular weight is 330 g/mol. The molecule has 1 aromatic carbocycles. The molecule has 0 spiro atoms. The van der Waals surface area contributed by atoms with Gasteiger partial charge in [-0.05, 0) is 68.2 Å². The molecule has 0 saturated carbocycles. The molecule has 3 rings (SSSR count). The topological polar surface area (TPSA) is 45.5 Å². The summed E-state index contributed by atoms with van der Waals surface area (Å²) in [5, 5.41) is 3.37. The van der Waals surface area contributed by atoms with Crippen LogP contribution in [0.2, 0.25) is 0 Å². The van der Waals surface area contributed by atoms with E-state index in [9.17, 15) is 9.18 Å². The summed E-state index contributed by atoms with van der Waals surface area (Å²) >= 11 is 0. The Hall–Kier alpha value is -2.14. The van der Waals surface area contributed by atoms with Crippen LogP contribution in [0.15, 0.2) is 40.8 Å². The van der Waals surface area contributed by atoms with Crippen LogP contribution >= 0.6 is 0 Å². The van der Waals surface area contributed by atoms with Gasteiger partial charge in [-0.15, -0.1) is 0 Å². The number of nitrogens with one attached hydrogen (secondary N) is 1. The zero-order valence-corrected chi connectivity index (χ0v) is 13.9. The normalized spacial score (nSPS) is 15.7. The zero-order chi connectivity index (χ0) is 16.9. The van der Waals surface area contributed by atoms with Gasteiger partial charge in [-0.25, -0.2) is 4.39 Å². The third kappa shape index (κ3) is 3.85. The SMILES string of the molecule is CCNCC1CCN(C(=O)c2ccc(-c3ccc(F)cc3)o2)CC1. The molecule has 1 aliphatic rings. The summed E-state index contributed by atoms with van der Waals surface area (Å²) in [6.07, 6.45) is 2.04. The number of benzene rings is 1. The van der Waals surface area contributed by atoms with E-state index in [2.05, 4.69) is 12.2 Å². The summed E-state index contributed by atoms with van der Waals surface area (Å²) < 4.78 is 18.7. The Kier molecular flexibility index (Phi) is 5.30. The van der Waals surface area contributed by atoms with E-state index >= 15 is 0 Å². The molecule has 128 valence electrons. The van der Waals surface area contributed by atoms with Gasteiger partial charge in [0.2, 0.25) is 0 Å². The molecule has 0 unspecified atom stereocenters. The van der Waals surface area contributed by atoms with Gasteiger partial charge in [-0.3, -0.25) is 4.79 Å². The number of rotatable bonds is 5. The summed E-state index contributed by atoms with van der Waals surface area (Å²) in [6, 6.07) is 9.52. The van der Waals surface area contributed by atoms with Crippen LogP contribution in [0.25, 0.3) is 11.3 Å². The number of nitrogens with zero attached hydrogens (tertiary/aromatic N) is 1. The molecule has 1 aliphatic heterocycles. The maximum Gasteiger partial charge on any atom is 0.289 e. The van der Waals surface area contributed by atoms with Gasteiger partial charge in [0.15, 0.2) is 5.76 Å². The van der Waals surface area contributed by atoms with Crippen LogP contribution in [0.3, 0.4) is 0 Å². The molecule has 24 heavy (non-hydrogen) atoms. The van der Waals surface area contributed by atoms with E-state index in [1.807, 2.05) is 4.90 Å². The van der Waals surface area contributed by atoms with Crippen molar-refractivity contribution in [1.82, 2.24) is 10.2 Å². The number of carbonyl (C=O) groups is 1. The van der Waals surface area contributed by atoms with Gasteiger partial charge < -0.3 is 14.6 Å². The highest BCUT2D eigenvalue weighted by Crippen LogP contribution is 2.24. The van der Waals surface area contributed by atoms with Crippen LogP contribution in [0.4, 0.5) is 4.39 Å². The number of carbonyl (C=O) groups excluding carboxylic acids is 1. The summed E-state index contributed by atoms with van der Waals surface area (Å²) in [5.74, 6) is 1.22. The third-order valence-electron chi connectivity index (χ3n) is 4.53. The Balaban J connectivity index is 1.61. The molecule has 1 N–H and O–H groups in total. The summed E-state index contributed by atoms with van der Waals surface area (Å²) in [4.78, 5) is 14.4. The molecule has 5 heteroatoms. The van der Waals surface area contributed by atoms with Crippen LogP contribution in [0.5, 0.6) is 0 Å². The van der Waals surface area contributed by atoms with Gasteiger partial charge in [0, 0.05) is 18.7 Å². The van der Waals surface area contributed by atoms with Crippen LogP contribution in [0.1, 0.15) is 30.3 Å². The Morgan fingerprint density at radius 1 is 1.21 bits per heavy atom. The number of likely N-dealkylation sites (tertiary alicyclic amines) is 1. The van der Waals surface area contributed by atoms with E-state index in [1.165, 1.54) is 12.1 Å². The van der Waals surface area contributed by atoms with E-state index in [4.69, 9.17) is 4.42 Å². The van der Waals surface area contributed by atoms with Crippen LogP contribution in [-0.4, -0.2) is 37.0 Å². The second-order valence-corrected chi connectivity index (χ2v) is 6.21. The maximum atomic E-state index is 13.0. The minimum Gasteiger partial charge on any atom is -0.451 e. The second-order valence-electron chi connectivity index (χ2n) is 6.21. The zero-order valence-electron chi connectivity index (χ0n) is 13.9. The van der Waals surface area contributed by atoms with Crippen molar-refractivity contribution in [3.63, 3.8) is 0 Å². The number of hydrogen-bond acceptors (Lipinski definition) is 3. The number of amides is 1. The molecule has 1 fully saturated rings. The van der Waals surface area contributed by atoms with E-state index < -0.39 is 0 Å². The Labute approximate surface area is 141 Å². The molecular formula is C19H23FN2O2. The molecule has 2 aromatic rings. The first-order valence-corrected chi connectivity index (χ1v) is 8.53. The first kappa shape index (κ1) is 16.7. The molecular weight excluding hydrogens is 307 g/mol. The minimum atomic E-state index is -0.290. The van der Waals surface area contributed by atoms with Crippen molar-refractivity contribution in [3.8, 4) is 11.3 Å². The van der Waals surface area contributed by atoms with Gasteiger partial charge in [0.05, 0.1) is 0 Å². The van der Waals surface area contributed by atoms with E-state index in [1.54, 1.807) is 24.3 Å². The number of furan rings is 1. The number of halogens is 1. The highest BCUT2D eigenvalue weighted by Gasteiger charge is 2.25. The van der Waals surface area contributed by atoms with E-state index in [0.717, 1.165) is 44.6 Å². The quantitative estimate of drug-likeness (QED) is 0.912. The fraction of sp³-hybridized carbons (Fsp3) is 0.421. The third-order valence-corrected chi connectivity index (χ3v) is 4.53. The molecule has 1 aromatic heterocycles. The van der Waals surface area contributed by atoms with Crippen molar-refractivity contribution in [3.05, 3.63) is 48.0 Å². The van der Waals surface area contributed by atoms with Gasteiger partial charge in [0.25, 0.3) is 5.91 Å². The average Bonchev–Trinajstić information content (AvgIpc) is 3.10. The fourth-order valence-electron chi connectivity index (χ4n) is 3.07. The van der Waals surface area contributed by atoms with Crippen molar-refractivity contribution < 1.29 is 13.6 Å². The van der Waals surface area contributed by atoms with Crippen molar-refractivity contribution in [1.29, 1.82) is 0 Å². The maximum absolute atomic E-state index is 13.0. The van der Waals surface area contributed by atoms with Crippen LogP contribution < -0.4 is 5.32 Å². The van der Waals surface area contributed by atoms with Gasteiger partial charge in [-0.2, -0.15) is 0 Å². The molecule has 1 saturated heterocycles. The lowest BCUT2D eigenvalue weighted by atomic mass is 9.96. The lowest BCUT2D eigenvalue weighted by molar-refractivity contribution is 0.0659. The largest absolute Gasteiger partial charge is 0.451 e.